The van der Waals surface area contributed by atoms with E-state index in [-0.39, 0.29) is 12.1 Å². The number of allylic oxidation sites excluding steroid dienone is 1. The van der Waals surface area contributed by atoms with Crippen LogP contribution in [0.4, 0.5) is 0 Å². The molecule has 0 radical (unpaired) electrons. The molecule has 0 amide bonds. The number of cyclic esters (lactones) is 1. The predicted molar refractivity (Wildman–Crippen MR) is 56.9 cm³/mol. The second kappa shape index (κ2) is 5.18. The number of hydrogen-bond acceptors (Lipinski definition) is 2. The third kappa shape index (κ3) is 2.60. The van der Waals surface area contributed by atoms with Crippen LogP contribution >= 0.6 is 0 Å². The maximum absolute atomic E-state index is 11.6. The highest BCUT2D eigenvalue weighted by atomic mass is 16.5. The van der Waals surface area contributed by atoms with Gasteiger partial charge >= 0.3 is 5.97 Å². The summed E-state index contributed by atoms with van der Waals surface area (Å²) in [5, 5.41) is 0. The van der Waals surface area contributed by atoms with E-state index in [0.29, 0.717) is 5.92 Å². The third-order valence-electron chi connectivity index (χ3n) is 3.08. The molecular weight excluding hydrogens is 176 g/mol. The predicted octanol–water partition coefficient (Wildman–Crippen LogP) is 3.07. The Balaban J connectivity index is 2.64. The van der Waals surface area contributed by atoms with Crippen molar-refractivity contribution in [3.63, 3.8) is 0 Å². The van der Waals surface area contributed by atoms with Gasteiger partial charge in [-0.15, -0.1) is 0 Å². The largest absolute Gasteiger partial charge is 0.459 e. The number of ether oxygens (including phenoxy) is 1. The Labute approximate surface area is 86.3 Å². The van der Waals surface area contributed by atoms with E-state index in [0.717, 1.165) is 31.3 Å². The Morgan fingerprint density at radius 3 is 2.93 bits per heavy atom. The summed E-state index contributed by atoms with van der Waals surface area (Å²) in [7, 11) is 0. The van der Waals surface area contributed by atoms with Crippen LogP contribution in [0.2, 0.25) is 0 Å². The molecule has 2 unspecified atom stereocenters. The summed E-state index contributed by atoms with van der Waals surface area (Å²) < 4.78 is 5.46. The average molecular weight is 196 g/mol. The lowest BCUT2D eigenvalue weighted by Gasteiger charge is -2.20. The molecule has 1 aliphatic rings. The molecule has 0 spiro atoms. The van der Waals surface area contributed by atoms with E-state index in [2.05, 4.69) is 13.8 Å². The molecule has 14 heavy (non-hydrogen) atoms. The fraction of sp³-hybridized carbons (Fsp3) is 0.750. The Bertz CT molecular complexity index is 230. The van der Waals surface area contributed by atoms with Crippen molar-refractivity contribution in [2.24, 2.45) is 5.92 Å². The van der Waals surface area contributed by atoms with Gasteiger partial charge in [0.15, 0.2) is 0 Å². The fourth-order valence-corrected chi connectivity index (χ4v) is 1.79. The number of hydrogen-bond donors (Lipinski definition) is 0. The van der Waals surface area contributed by atoms with E-state index in [4.69, 9.17) is 4.74 Å². The van der Waals surface area contributed by atoms with Gasteiger partial charge < -0.3 is 4.74 Å². The molecule has 1 fully saturated rings. The van der Waals surface area contributed by atoms with Crippen LogP contribution in [0.15, 0.2) is 11.6 Å². The molecule has 0 saturated carbocycles. The van der Waals surface area contributed by atoms with Crippen molar-refractivity contribution in [1.29, 1.82) is 0 Å². The van der Waals surface area contributed by atoms with Crippen molar-refractivity contribution in [3.05, 3.63) is 11.6 Å². The summed E-state index contributed by atoms with van der Waals surface area (Å²) in [4.78, 5) is 11.6. The molecule has 80 valence electrons. The van der Waals surface area contributed by atoms with Crippen LogP contribution in [0.3, 0.4) is 0 Å². The van der Waals surface area contributed by atoms with E-state index in [1.807, 2.05) is 13.0 Å². The van der Waals surface area contributed by atoms with E-state index in [1.165, 1.54) is 0 Å². The van der Waals surface area contributed by atoms with E-state index >= 15 is 0 Å². The van der Waals surface area contributed by atoms with Gasteiger partial charge in [0.25, 0.3) is 0 Å². The molecule has 2 nitrogen and oxygen atoms in total. The molecule has 2 heteroatoms. The van der Waals surface area contributed by atoms with Crippen molar-refractivity contribution in [2.45, 2.75) is 52.6 Å². The van der Waals surface area contributed by atoms with Gasteiger partial charge in [0, 0.05) is 5.57 Å². The Kier molecular flexibility index (Phi) is 4.18. The molecule has 0 aromatic rings. The Morgan fingerprint density at radius 1 is 1.64 bits per heavy atom. The molecule has 1 aliphatic heterocycles. The first kappa shape index (κ1) is 11.3. The molecule has 0 N–H and O–H groups in total. The van der Waals surface area contributed by atoms with E-state index in [1.54, 1.807) is 0 Å². The van der Waals surface area contributed by atoms with Crippen LogP contribution in [0.5, 0.6) is 0 Å². The lowest BCUT2D eigenvalue weighted by atomic mass is 9.97. The number of rotatable bonds is 2. The first-order valence-electron chi connectivity index (χ1n) is 5.55. The minimum Gasteiger partial charge on any atom is -0.459 e. The molecule has 0 bridgehead atoms. The summed E-state index contributed by atoms with van der Waals surface area (Å²) in [5.41, 5.74) is 0.843. The Hall–Kier alpha value is -0.790. The Morgan fingerprint density at radius 2 is 2.36 bits per heavy atom. The van der Waals surface area contributed by atoms with Gasteiger partial charge in [-0.3, -0.25) is 0 Å². The van der Waals surface area contributed by atoms with Crippen molar-refractivity contribution in [3.8, 4) is 0 Å². The highest BCUT2D eigenvalue weighted by Gasteiger charge is 2.25. The molecule has 1 heterocycles. The van der Waals surface area contributed by atoms with Gasteiger partial charge in [0.2, 0.25) is 0 Å². The van der Waals surface area contributed by atoms with Gasteiger partial charge in [0.1, 0.15) is 6.10 Å². The second-order valence-electron chi connectivity index (χ2n) is 4.04. The minimum absolute atomic E-state index is 0.102. The van der Waals surface area contributed by atoms with Gasteiger partial charge in [-0.05, 0) is 32.1 Å². The molecule has 2 atom stereocenters. The number of carbonyl (C=O) groups is 1. The maximum Gasteiger partial charge on any atom is 0.333 e. The lowest BCUT2D eigenvalue weighted by molar-refractivity contribution is -0.146. The topological polar surface area (TPSA) is 26.3 Å². The van der Waals surface area contributed by atoms with Crippen molar-refractivity contribution in [1.82, 2.24) is 0 Å². The lowest BCUT2D eigenvalue weighted by Crippen LogP contribution is -2.23. The minimum atomic E-state index is -0.102. The monoisotopic (exact) mass is 196 g/mol. The van der Waals surface area contributed by atoms with Crippen LogP contribution in [0.1, 0.15) is 46.5 Å². The van der Waals surface area contributed by atoms with E-state index in [9.17, 15) is 4.79 Å². The molecular formula is C12H20O2. The van der Waals surface area contributed by atoms with Crippen LogP contribution in [-0.4, -0.2) is 12.1 Å². The molecule has 0 aliphatic carbocycles. The molecule has 0 aromatic carbocycles. The SMILES string of the molecule is C/C=C1\CCCC(C(C)CC)OC1=O. The summed E-state index contributed by atoms with van der Waals surface area (Å²) in [5.74, 6) is 0.380. The fourth-order valence-electron chi connectivity index (χ4n) is 1.79. The van der Waals surface area contributed by atoms with Gasteiger partial charge in [0.05, 0.1) is 0 Å². The first-order valence-corrected chi connectivity index (χ1v) is 5.55. The van der Waals surface area contributed by atoms with Crippen LogP contribution in [0, 0.1) is 5.92 Å². The van der Waals surface area contributed by atoms with Crippen molar-refractivity contribution in [2.75, 3.05) is 0 Å². The quantitative estimate of drug-likeness (QED) is 0.501. The average Bonchev–Trinajstić information content (AvgIpc) is 2.38. The molecule has 0 aromatic heterocycles. The zero-order valence-electron chi connectivity index (χ0n) is 9.38. The van der Waals surface area contributed by atoms with Crippen LogP contribution in [0.25, 0.3) is 0 Å². The van der Waals surface area contributed by atoms with Crippen LogP contribution < -0.4 is 0 Å². The summed E-state index contributed by atoms with van der Waals surface area (Å²) in [6.45, 7) is 6.19. The second-order valence-corrected chi connectivity index (χ2v) is 4.04. The highest BCUT2D eigenvalue weighted by Crippen LogP contribution is 2.24. The van der Waals surface area contributed by atoms with Crippen molar-refractivity contribution < 1.29 is 9.53 Å². The first-order chi connectivity index (χ1) is 6.69. The van der Waals surface area contributed by atoms with Crippen molar-refractivity contribution >= 4 is 5.97 Å². The summed E-state index contributed by atoms with van der Waals surface area (Å²) in [6.07, 6.45) is 6.04. The van der Waals surface area contributed by atoms with Crippen LogP contribution in [-0.2, 0) is 9.53 Å². The summed E-state index contributed by atoms with van der Waals surface area (Å²) in [6, 6.07) is 0. The summed E-state index contributed by atoms with van der Waals surface area (Å²) >= 11 is 0. The standard InChI is InChI=1S/C12H20O2/c1-4-9(3)11-8-6-7-10(5-2)12(13)14-11/h5,9,11H,4,6-8H2,1-3H3/b10-5+. The number of esters is 1. The normalized spacial score (nSPS) is 28.4. The third-order valence-corrected chi connectivity index (χ3v) is 3.08. The molecule has 1 rings (SSSR count). The molecule has 1 saturated heterocycles. The van der Waals surface area contributed by atoms with Gasteiger partial charge in [-0.1, -0.05) is 26.3 Å². The zero-order valence-corrected chi connectivity index (χ0v) is 9.38. The highest BCUT2D eigenvalue weighted by molar-refractivity contribution is 5.88. The van der Waals surface area contributed by atoms with Gasteiger partial charge in [-0.2, -0.15) is 0 Å². The smallest absolute Gasteiger partial charge is 0.333 e. The van der Waals surface area contributed by atoms with Gasteiger partial charge in [-0.25, -0.2) is 4.79 Å². The maximum atomic E-state index is 11.6. The van der Waals surface area contributed by atoms with E-state index < -0.39 is 0 Å². The number of carbonyl (C=O) groups excluding carboxylic acids is 1. The zero-order chi connectivity index (χ0) is 10.6.